The molecule has 10 nitrogen and oxygen atoms in total. The van der Waals surface area contributed by atoms with Crippen LogP contribution in [-0.4, -0.2) is 65.4 Å². The van der Waals surface area contributed by atoms with Crippen LogP contribution in [0.1, 0.15) is 36.8 Å². The lowest BCUT2D eigenvalue weighted by Crippen LogP contribution is -2.20. The zero-order chi connectivity index (χ0) is 26.4. The molecular formula is C26H25NO9. The molecular weight excluding hydrogens is 470 g/mol. The lowest BCUT2D eigenvalue weighted by atomic mass is 9.96. The minimum Gasteiger partial charge on any atom is -0.493 e. The summed E-state index contributed by atoms with van der Waals surface area (Å²) in [5.74, 6) is -0.837. The van der Waals surface area contributed by atoms with Crippen LogP contribution in [0.3, 0.4) is 0 Å². The van der Waals surface area contributed by atoms with E-state index in [0.29, 0.717) is 28.6 Å². The highest BCUT2D eigenvalue weighted by molar-refractivity contribution is 6.17. The number of methoxy groups -OCH3 is 6. The first kappa shape index (κ1) is 26.0. The van der Waals surface area contributed by atoms with E-state index in [-0.39, 0.29) is 28.1 Å². The van der Waals surface area contributed by atoms with Gasteiger partial charge in [-0.05, 0) is 42.5 Å². The van der Waals surface area contributed by atoms with Crippen LogP contribution in [0.4, 0.5) is 0 Å². The average Bonchev–Trinajstić information content (AvgIpc) is 2.94. The van der Waals surface area contributed by atoms with Crippen LogP contribution in [0.25, 0.3) is 11.3 Å². The highest BCUT2D eigenvalue weighted by atomic mass is 16.5. The number of ether oxygens (including phenoxy) is 6. The van der Waals surface area contributed by atoms with Crippen LogP contribution in [0.5, 0.6) is 23.0 Å². The van der Waals surface area contributed by atoms with E-state index in [4.69, 9.17) is 28.4 Å². The molecule has 3 aromatic rings. The van der Waals surface area contributed by atoms with Crippen LogP contribution in [0.2, 0.25) is 0 Å². The fraction of sp³-hybridized carbons (Fsp3) is 0.231. The molecule has 1 aromatic heterocycles. The molecule has 10 heteroatoms. The van der Waals surface area contributed by atoms with Crippen molar-refractivity contribution >= 4 is 17.7 Å². The number of aromatic nitrogens is 1. The summed E-state index contributed by atoms with van der Waals surface area (Å²) in [7, 11) is 8.16. The lowest BCUT2D eigenvalue weighted by molar-refractivity contribution is 0.0553. The van der Waals surface area contributed by atoms with E-state index < -0.39 is 17.7 Å². The third kappa shape index (κ3) is 4.92. The zero-order valence-electron chi connectivity index (χ0n) is 20.7. The number of hydrogen-bond donors (Lipinski definition) is 0. The molecule has 0 N–H and O–H groups in total. The predicted octanol–water partition coefficient (Wildman–Crippen LogP) is 3.59. The molecule has 0 radical (unpaired) electrons. The zero-order valence-corrected chi connectivity index (χ0v) is 20.7. The Balaban J connectivity index is 2.32. The summed E-state index contributed by atoms with van der Waals surface area (Å²) in [4.78, 5) is 43.6. The highest BCUT2D eigenvalue weighted by Crippen LogP contribution is 2.34. The maximum Gasteiger partial charge on any atom is 0.341 e. The summed E-state index contributed by atoms with van der Waals surface area (Å²) in [5, 5.41) is 0. The number of rotatable bonds is 9. The molecule has 0 aliphatic rings. The standard InChI is InChI=1S/C26H25NO9/c1-31-18-9-7-14(11-20(18)33-3)17-13-16(25(29)35-5)22(26(30)36-6)23(27-17)24(28)15-8-10-19(32-2)21(12-15)34-4/h7-13H,1-6H3. The van der Waals surface area contributed by atoms with Crippen LogP contribution in [-0.2, 0) is 9.47 Å². The van der Waals surface area contributed by atoms with Gasteiger partial charge in [-0.15, -0.1) is 0 Å². The molecule has 0 amide bonds. The Kier molecular flexibility index (Phi) is 8.11. The van der Waals surface area contributed by atoms with E-state index in [2.05, 4.69) is 4.98 Å². The van der Waals surface area contributed by atoms with E-state index in [1.54, 1.807) is 24.3 Å². The largest absolute Gasteiger partial charge is 0.493 e. The van der Waals surface area contributed by atoms with Gasteiger partial charge in [0.2, 0.25) is 5.78 Å². The van der Waals surface area contributed by atoms with Crippen LogP contribution < -0.4 is 18.9 Å². The smallest absolute Gasteiger partial charge is 0.341 e. The SMILES string of the molecule is COC(=O)c1cc(-c2ccc(OC)c(OC)c2)nc(C(=O)c2ccc(OC)c(OC)c2)c1C(=O)OC. The van der Waals surface area contributed by atoms with Crippen molar-refractivity contribution in [1.82, 2.24) is 4.98 Å². The van der Waals surface area contributed by atoms with E-state index in [0.717, 1.165) is 14.2 Å². The van der Waals surface area contributed by atoms with Crippen molar-refractivity contribution in [3.8, 4) is 34.3 Å². The molecule has 1 heterocycles. The van der Waals surface area contributed by atoms with Gasteiger partial charge in [0.15, 0.2) is 23.0 Å². The van der Waals surface area contributed by atoms with Gasteiger partial charge in [-0.1, -0.05) is 0 Å². The van der Waals surface area contributed by atoms with Gasteiger partial charge in [0.25, 0.3) is 0 Å². The molecule has 0 aliphatic heterocycles. The topological polar surface area (TPSA) is 119 Å². The van der Waals surface area contributed by atoms with Gasteiger partial charge in [0.1, 0.15) is 11.3 Å². The molecule has 36 heavy (non-hydrogen) atoms. The quantitative estimate of drug-likeness (QED) is 0.322. The summed E-state index contributed by atoms with van der Waals surface area (Å²) >= 11 is 0. The van der Waals surface area contributed by atoms with Gasteiger partial charge in [-0.3, -0.25) is 4.79 Å². The Morgan fingerprint density at radius 3 is 1.75 bits per heavy atom. The average molecular weight is 495 g/mol. The molecule has 3 rings (SSSR count). The summed E-state index contributed by atoms with van der Waals surface area (Å²) < 4.78 is 30.9. The van der Waals surface area contributed by atoms with E-state index in [1.165, 1.54) is 46.6 Å². The minimum absolute atomic E-state index is 0.144. The maximum atomic E-state index is 13.7. The molecule has 0 aliphatic carbocycles. The van der Waals surface area contributed by atoms with Crippen molar-refractivity contribution in [3.05, 3.63) is 64.8 Å². The minimum atomic E-state index is -0.925. The predicted molar refractivity (Wildman–Crippen MR) is 128 cm³/mol. The van der Waals surface area contributed by atoms with E-state index >= 15 is 0 Å². The summed E-state index contributed by atoms with van der Waals surface area (Å²) in [6, 6.07) is 10.8. The number of nitrogens with zero attached hydrogens (tertiary/aromatic N) is 1. The van der Waals surface area contributed by atoms with Crippen LogP contribution in [0, 0.1) is 0 Å². The molecule has 0 fully saturated rings. The monoisotopic (exact) mass is 495 g/mol. The van der Waals surface area contributed by atoms with Crippen molar-refractivity contribution in [3.63, 3.8) is 0 Å². The van der Waals surface area contributed by atoms with Crippen LogP contribution >= 0.6 is 0 Å². The van der Waals surface area contributed by atoms with E-state index in [9.17, 15) is 14.4 Å². The fourth-order valence-corrected chi connectivity index (χ4v) is 3.55. The Bertz CT molecular complexity index is 1320. The third-order valence-electron chi connectivity index (χ3n) is 5.35. The first-order valence-electron chi connectivity index (χ1n) is 10.5. The lowest BCUT2D eigenvalue weighted by Gasteiger charge is -2.15. The molecule has 2 aromatic carbocycles. The molecule has 0 unspecified atom stereocenters. The van der Waals surface area contributed by atoms with Crippen LogP contribution in [0.15, 0.2) is 42.5 Å². The molecule has 188 valence electrons. The van der Waals surface area contributed by atoms with Crippen molar-refractivity contribution in [2.24, 2.45) is 0 Å². The maximum absolute atomic E-state index is 13.7. The summed E-state index contributed by atoms with van der Waals surface area (Å²) in [6.45, 7) is 0. The van der Waals surface area contributed by atoms with Gasteiger partial charge in [-0.2, -0.15) is 0 Å². The number of carbonyl (C=O) groups excluding carboxylic acids is 3. The van der Waals surface area contributed by atoms with Crippen molar-refractivity contribution in [2.75, 3.05) is 42.7 Å². The molecule has 0 spiro atoms. The number of esters is 2. The van der Waals surface area contributed by atoms with Gasteiger partial charge >= 0.3 is 11.9 Å². The van der Waals surface area contributed by atoms with Crippen molar-refractivity contribution < 1.29 is 42.8 Å². The van der Waals surface area contributed by atoms with Gasteiger partial charge in [0, 0.05) is 11.1 Å². The van der Waals surface area contributed by atoms with Crippen molar-refractivity contribution in [1.29, 1.82) is 0 Å². The molecule has 0 atom stereocenters. The van der Waals surface area contributed by atoms with Gasteiger partial charge in [0.05, 0.1) is 53.9 Å². The molecule has 0 bridgehead atoms. The number of benzene rings is 2. The van der Waals surface area contributed by atoms with E-state index in [1.807, 2.05) is 0 Å². The Morgan fingerprint density at radius 1 is 0.639 bits per heavy atom. The first-order chi connectivity index (χ1) is 17.3. The molecule has 0 saturated carbocycles. The van der Waals surface area contributed by atoms with Crippen molar-refractivity contribution in [2.45, 2.75) is 0 Å². The van der Waals surface area contributed by atoms with Gasteiger partial charge in [-0.25, -0.2) is 14.6 Å². The normalized spacial score (nSPS) is 10.3. The Hall–Kier alpha value is -4.60. The second kappa shape index (κ2) is 11.2. The first-order valence-corrected chi connectivity index (χ1v) is 10.5. The second-order valence-corrected chi connectivity index (χ2v) is 7.23. The number of ketones is 1. The number of hydrogen-bond acceptors (Lipinski definition) is 10. The second-order valence-electron chi connectivity index (χ2n) is 7.23. The number of pyridine rings is 1. The fourth-order valence-electron chi connectivity index (χ4n) is 3.55. The Labute approximate surface area is 207 Å². The summed E-state index contributed by atoms with van der Waals surface area (Å²) in [6.07, 6.45) is 0. The highest BCUT2D eigenvalue weighted by Gasteiger charge is 2.30. The third-order valence-corrected chi connectivity index (χ3v) is 5.35. The molecule has 0 saturated heterocycles. The number of carbonyl (C=O) groups is 3. The summed E-state index contributed by atoms with van der Waals surface area (Å²) in [5.41, 5.74) is 0.0390. The van der Waals surface area contributed by atoms with Gasteiger partial charge < -0.3 is 28.4 Å². The Morgan fingerprint density at radius 2 is 1.19 bits per heavy atom.